The van der Waals surface area contributed by atoms with Crippen LogP contribution < -0.4 is 10.6 Å². The maximum Gasteiger partial charge on any atom is 0.408 e. The van der Waals surface area contributed by atoms with E-state index in [2.05, 4.69) is 15.6 Å². The second-order valence-electron chi connectivity index (χ2n) is 9.24. The van der Waals surface area contributed by atoms with Crippen LogP contribution in [0.15, 0.2) is 36.5 Å². The number of nitrogens with zero attached hydrogens (tertiary/aromatic N) is 1. The molecule has 0 fully saturated rings. The lowest BCUT2D eigenvalue weighted by Crippen LogP contribution is -2.35. The average Bonchev–Trinajstić information content (AvgIpc) is 2.75. The minimum absolute atomic E-state index is 0.134. The molecule has 2 heterocycles. The topological polar surface area (TPSA) is 107 Å². The molecule has 1 aromatic carbocycles. The summed E-state index contributed by atoms with van der Waals surface area (Å²) in [4.78, 5) is 41.9. The van der Waals surface area contributed by atoms with Crippen LogP contribution in [0.25, 0.3) is 11.1 Å². The number of amides is 2. The lowest BCUT2D eigenvalue weighted by atomic mass is 9.95. The first-order chi connectivity index (χ1) is 15.6. The van der Waals surface area contributed by atoms with Gasteiger partial charge in [0.2, 0.25) is 5.91 Å². The number of ether oxygens (including phenoxy) is 2. The summed E-state index contributed by atoms with van der Waals surface area (Å²) in [5, 5.41) is 5.90. The molecule has 1 aliphatic heterocycles. The molecule has 1 aromatic heterocycles. The van der Waals surface area contributed by atoms with Crippen molar-refractivity contribution in [3.63, 3.8) is 0 Å². The second kappa shape index (κ2) is 10.0. The summed E-state index contributed by atoms with van der Waals surface area (Å²) >= 11 is 0. The molecule has 0 spiro atoms. The van der Waals surface area contributed by atoms with Gasteiger partial charge in [0, 0.05) is 23.4 Å². The number of hydrogen-bond donors (Lipinski definition) is 2. The van der Waals surface area contributed by atoms with Gasteiger partial charge in [0.15, 0.2) is 0 Å². The van der Waals surface area contributed by atoms with E-state index in [9.17, 15) is 14.4 Å². The van der Waals surface area contributed by atoms with Crippen molar-refractivity contribution in [3.8, 4) is 11.1 Å². The highest BCUT2D eigenvalue weighted by molar-refractivity contribution is 5.99. The number of methoxy groups -OCH3 is 1. The Morgan fingerprint density at radius 2 is 1.91 bits per heavy atom. The van der Waals surface area contributed by atoms with Gasteiger partial charge >= 0.3 is 12.1 Å². The number of rotatable bonds is 2. The van der Waals surface area contributed by atoms with Gasteiger partial charge in [0.1, 0.15) is 5.60 Å². The van der Waals surface area contributed by atoms with Crippen molar-refractivity contribution < 1.29 is 23.9 Å². The van der Waals surface area contributed by atoms with Gasteiger partial charge in [-0.1, -0.05) is 19.4 Å². The number of fused-ring (bicyclic) bond motifs is 4. The van der Waals surface area contributed by atoms with Gasteiger partial charge in [-0.2, -0.15) is 0 Å². The number of benzene rings is 1. The van der Waals surface area contributed by atoms with Crippen molar-refractivity contribution in [1.29, 1.82) is 0 Å². The number of esters is 1. The molecule has 33 heavy (non-hydrogen) atoms. The minimum atomic E-state index is -0.617. The van der Waals surface area contributed by atoms with Crippen LogP contribution >= 0.6 is 0 Å². The van der Waals surface area contributed by atoms with E-state index in [0.29, 0.717) is 36.2 Å². The summed E-state index contributed by atoms with van der Waals surface area (Å²) in [5.74, 6) is -0.874. The fourth-order valence-corrected chi connectivity index (χ4v) is 3.71. The van der Waals surface area contributed by atoms with Crippen LogP contribution in [-0.2, 0) is 14.3 Å². The van der Waals surface area contributed by atoms with Crippen molar-refractivity contribution in [2.24, 2.45) is 5.92 Å². The van der Waals surface area contributed by atoms with Gasteiger partial charge in [0.05, 0.1) is 24.4 Å². The lowest BCUT2D eigenvalue weighted by Gasteiger charge is -2.25. The molecule has 8 nitrogen and oxygen atoms in total. The van der Waals surface area contributed by atoms with Gasteiger partial charge in [-0.25, -0.2) is 9.59 Å². The van der Waals surface area contributed by atoms with Crippen molar-refractivity contribution in [2.75, 3.05) is 12.4 Å². The smallest absolute Gasteiger partial charge is 0.408 e. The summed E-state index contributed by atoms with van der Waals surface area (Å²) in [6.45, 7) is 7.30. The number of pyridine rings is 1. The van der Waals surface area contributed by atoms with Crippen LogP contribution in [0.4, 0.5) is 10.5 Å². The molecule has 0 aliphatic carbocycles. The van der Waals surface area contributed by atoms with Gasteiger partial charge in [-0.05, 0) is 63.4 Å². The Labute approximate surface area is 194 Å². The van der Waals surface area contributed by atoms with Gasteiger partial charge in [0.25, 0.3) is 0 Å². The van der Waals surface area contributed by atoms with E-state index < -0.39 is 17.7 Å². The van der Waals surface area contributed by atoms with E-state index >= 15 is 0 Å². The molecular formula is C25H31N3O5. The molecule has 2 N–H and O–H groups in total. The van der Waals surface area contributed by atoms with Crippen molar-refractivity contribution in [2.45, 2.75) is 58.6 Å². The normalized spacial score (nSPS) is 18.6. The standard InChI is InChI=1S/C25H31N3O5/c1-15-7-6-8-19(28-24(31)33-25(2,3)4)21-13-16(11-12-26-21)18-10-9-17(23(30)32-5)14-20(18)27-22(15)29/h9-15,19H,6-8H2,1-5H3,(H,27,29)(H,28,31). The number of carbonyl (C=O) groups is 3. The summed E-state index contributed by atoms with van der Waals surface area (Å²) in [6, 6.07) is 8.39. The maximum absolute atomic E-state index is 12.9. The first kappa shape index (κ1) is 24.2. The number of alkyl carbamates (subject to hydrolysis) is 1. The monoisotopic (exact) mass is 453 g/mol. The lowest BCUT2D eigenvalue weighted by molar-refractivity contribution is -0.119. The highest BCUT2D eigenvalue weighted by atomic mass is 16.6. The van der Waals surface area contributed by atoms with Crippen LogP contribution in [0.5, 0.6) is 0 Å². The van der Waals surface area contributed by atoms with Gasteiger partial charge in [-0.15, -0.1) is 0 Å². The van der Waals surface area contributed by atoms with Crippen molar-refractivity contribution >= 4 is 23.7 Å². The second-order valence-corrected chi connectivity index (χ2v) is 9.24. The molecule has 0 radical (unpaired) electrons. The van der Waals surface area contributed by atoms with Gasteiger partial charge < -0.3 is 20.1 Å². The van der Waals surface area contributed by atoms with E-state index in [1.54, 1.807) is 24.4 Å². The van der Waals surface area contributed by atoms with Crippen LogP contribution in [0.1, 0.15) is 69.1 Å². The molecule has 1 aliphatic rings. The fraction of sp³-hybridized carbons (Fsp3) is 0.440. The summed E-state index contributed by atoms with van der Waals surface area (Å²) in [5.41, 5.74) is 2.48. The predicted octanol–water partition coefficient (Wildman–Crippen LogP) is 4.86. The molecule has 2 atom stereocenters. The quantitative estimate of drug-likeness (QED) is 0.629. The summed E-state index contributed by atoms with van der Waals surface area (Å²) in [6.07, 6.45) is 3.10. The minimum Gasteiger partial charge on any atom is -0.465 e. The fourth-order valence-electron chi connectivity index (χ4n) is 3.71. The van der Waals surface area contributed by atoms with E-state index in [1.165, 1.54) is 7.11 Å². The summed E-state index contributed by atoms with van der Waals surface area (Å²) < 4.78 is 10.3. The third kappa shape index (κ3) is 6.31. The molecule has 176 valence electrons. The highest BCUT2D eigenvalue weighted by Crippen LogP contribution is 2.33. The zero-order chi connectivity index (χ0) is 24.2. The summed E-state index contributed by atoms with van der Waals surface area (Å²) in [7, 11) is 1.32. The zero-order valence-electron chi connectivity index (χ0n) is 19.7. The zero-order valence-corrected chi connectivity index (χ0v) is 19.7. The average molecular weight is 454 g/mol. The van der Waals surface area contributed by atoms with Gasteiger partial charge in [-0.3, -0.25) is 9.78 Å². The Bertz CT molecular complexity index is 1040. The SMILES string of the molecule is COC(=O)c1ccc2c(c1)NC(=O)C(C)CCCC(NC(=O)OC(C)(C)C)c1cc-2ccn1. The number of hydrogen-bond acceptors (Lipinski definition) is 6. The van der Waals surface area contributed by atoms with Crippen LogP contribution in [0.2, 0.25) is 0 Å². The Morgan fingerprint density at radius 1 is 1.15 bits per heavy atom. The first-order valence-corrected chi connectivity index (χ1v) is 11.1. The van der Waals surface area contributed by atoms with Crippen LogP contribution in [-0.4, -0.2) is 35.7 Å². The third-order valence-electron chi connectivity index (χ3n) is 5.42. The molecule has 2 aromatic rings. The molecule has 0 saturated heterocycles. The first-order valence-electron chi connectivity index (χ1n) is 11.1. The highest BCUT2D eigenvalue weighted by Gasteiger charge is 2.24. The maximum atomic E-state index is 12.9. The van der Waals surface area contributed by atoms with Crippen LogP contribution in [0, 0.1) is 5.92 Å². The number of aromatic nitrogens is 1. The molecule has 2 amide bonds. The number of carbonyl (C=O) groups excluding carboxylic acids is 3. The van der Waals surface area contributed by atoms with E-state index in [-0.39, 0.29) is 17.9 Å². The van der Waals surface area contributed by atoms with E-state index in [4.69, 9.17) is 9.47 Å². The van der Waals surface area contributed by atoms with Crippen molar-refractivity contribution in [1.82, 2.24) is 10.3 Å². The molecule has 2 unspecified atom stereocenters. The third-order valence-corrected chi connectivity index (χ3v) is 5.42. The largest absolute Gasteiger partial charge is 0.465 e. The Balaban J connectivity index is 2.04. The Kier molecular flexibility index (Phi) is 7.36. The Hall–Kier alpha value is -3.42. The van der Waals surface area contributed by atoms with E-state index in [1.807, 2.05) is 39.8 Å². The molecular weight excluding hydrogens is 422 g/mol. The molecule has 3 rings (SSSR count). The number of anilines is 1. The molecule has 0 saturated carbocycles. The van der Waals surface area contributed by atoms with Crippen LogP contribution in [0.3, 0.4) is 0 Å². The molecule has 8 heteroatoms. The predicted molar refractivity (Wildman–Crippen MR) is 125 cm³/mol. The molecule has 2 bridgehead atoms. The number of nitrogens with one attached hydrogen (secondary N) is 2. The Morgan fingerprint density at radius 3 is 2.61 bits per heavy atom. The van der Waals surface area contributed by atoms with E-state index in [0.717, 1.165) is 11.1 Å². The van der Waals surface area contributed by atoms with Crippen molar-refractivity contribution in [3.05, 3.63) is 47.8 Å².